The summed E-state index contributed by atoms with van der Waals surface area (Å²) in [4.78, 5) is 2.08. The Morgan fingerprint density at radius 3 is 2.40 bits per heavy atom. The van der Waals surface area contributed by atoms with Crippen molar-refractivity contribution in [3.63, 3.8) is 0 Å². The topological polar surface area (TPSA) is 30.2 Å². The van der Waals surface area contributed by atoms with Gasteiger partial charge < -0.3 is 0 Å². The lowest BCUT2D eigenvalue weighted by atomic mass is 10.2. The van der Waals surface area contributed by atoms with Gasteiger partial charge in [0.15, 0.2) is 5.65 Å². The van der Waals surface area contributed by atoms with Crippen LogP contribution >= 0.6 is 11.8 Å². The van der Waals surface area contributed by atoms with Crippen molar-refractivity contribution in [2.45, 2.75) is 29.6 Å². The quantitative estimate of drug-likeness (QED) is 0.725. The van der Waals surface area contributed by atoms with Gasteiger partial charge in [-0.05, 0) is 36.4 Å². The van der Waals surface area contributed by atoms with E-state index in [1.165, 1.54) is 12.1 Å². The van der Waals surface area contributed by atoms with Crippen molar-refractivity contribution in [3.8, 4) is 0 Å². The van der Waals surface area contributed by atoms with Gasteiger partial charge in [-0.1, -0.05) is 25.6 Å². The number of benzene rings is 1. The Bertz CT molecular complexity index is 734. The molecule has 5 heteroatoms. The third-order valence-electron chi connectivity index (χ3n) is 2.97. The van der Waals surface area contributed by atoms with Crippen LogP contribution in [0.1, 0.15) is 25.6 Å². The minimum atomic E-state index is -0.217. The lowest BCUT2D eigenvalue weighted by molar-refractivity contribution is 0.626. The van der Waals surface area contributed by atoms with Crippen LogP contribution in [0.5, 0.6) is 0 Å². The van der Waals surface area contributed by atoms with E-state index < -0.39 is 0 Å². The number of pyridine rings is 1. The average molecular weight is 287 g/mol. The van der Waals surface area contributed by atoms with Crippen molar-refractivity contribution in [2.24, 2.45) is 0 Å². The fraction of sp³-hybridized carbons (Fsp3) is 0.200. The predicted octanol–water partition coefficient (Wildman–Crippen LogP) is 4.14. The van der Waals surface area contributed by atoms with E-state index in [2.05, 4.69) is 24.0 Å². The van der Waals surface area contributed by atoms with E-state index in [0.717, 1.165) is 21.3 Å². The van der Waals surface area contributed by atoms with Crippen LogP contribution in [0.15, 0.2) is 52.4 Å². The average Bonchev–Trinajstić information content (AvgIpc) is 2.84. The molecule has 0 aliphatic rings. The lowest BCUT2D eigenvalue weighted by Crippen LogP contribution is -1.96. The standard InChI is InChI=1S/C15H14FN3S/c1-10(2)15-18-17-14-8-7-13(9-19(14)15)20-12-5-3-11(16)4-6-12/h3-10H,1-2H3. The van der Waals surface area contributed by atoms with Crippen molar-refractivity contribution >= 4 is 17.4 Å². The predicted molar refractivity (Wildman–Crippen MR) is 77.6 cm³/mol. The van der Waals surface area contributed by atoms with Crippen molar-refractivity contribution in [2.75, 3.05) is 0 Å². The molecule has 3 aromatic rings. The van der Waals surface area contributed by atoms with E-state index in [1.807, 2.05) is 22.7 Å². The summed E-state index contributed by atoms with van der Waals surface area (Å²) in [6, 6.07) is 10.4. The normalized spacial score (nSPS) is 11.4. The van der Waals surface area contributed by atoms with Crippen molar-refractivity contribution in [3.05, 3.63) is 54.2 Å². The lowest BCUT2D eigenvalue weighted by Gasteiger charge is -2.05. The van der Waals surface area contributed by atoms with Gasteiger partial charge in [0.05, 0.1) is 0 Å². The van der Waals surface area contributed by atoms with E-state index in [4.69, 9.17) is 0 Å². The van der Waals surface area contributed by atoms with E-state index in [1.54, 1.807) is 23.9 Å². The Morgan fingerprint density at radius 1 is 1.00 bits per heavy atom. The molecule has 102 valence electrons. The zero-order chi connectivity index (χ0) is 14.1. The highest BCUT2D eigenvalue weighted by molar-refractivity contribution is 7.99. The molecule has 0 aliphatic heterocycles. The van der Waals surface area contributed by atoms with Gasteiger partial charge in [-0.2, -0.15) is 0 Å². The van der Waals surface area contributed by atoms with E-state index >= 15 is 0 Å². The second kappa shape index (κ2) is 5.25. The maximum Gasteiger partial charge on any atom is 0.160 e. The van der Waals surface area contributed by atoms with Gasteiger partial charge in [0.1, 0.15) is 11.6 Å². The molecule has 0 unspecified atom stereocenters. The fourth-order valence-electron chi connectivity index (χ4n) is 1.98. The molecule has 3 rings (SSSR count). The largest absolute Gasteiger partial charge is 0.285 e. The van der Waals surface area contributed by atoms with Crippen molar-refractivity contribution in [1.29, 1.82) is 0 Å². The van der Waals surface area contributed by atoms with Crippen LogP contribution in [0, 0.1) is 5.82 Å². The Labute approximate surface area is 120 Å². The van der Waals surface area contributed by atoms with E-state index in [9.17, 15) is 4.39 Å². The van der Waals surface area contributed by atoms with E-state index in [0.29, 0.717) is 5.92 Å². The molecule has 0 aliphatic carbocycles. The van der Waals surface area contributed by atoms with Gasteiger partial charge in [-0.15, -0.1) is 10.2 Å². The summed E-state index contributed by atoms with van der Waals surface area (Å²) in [5.41, 5.74) is 0.845. The number of hydrogen-bond donors (Lipinski definition) is 0. The molecule has 1 aromatic carbocycles. The SMILES string of the molecule is CC(C)c1nnc2ccc(Sc3ccc(F)cc3)cn12. The molecule has 0 atom stereocenters. The van der Waals surface area contributed by atoms with Gasteiger partial charge in [0.25, 0.3) is 0 Å². The van der Waals surface area contributed by atoms with Crippen LogP contribution in [-0.2, 0) is 0 Å². The Balaban J connectivity index is 1.95. The molecule has 2 heterocycles. The third kappa shape index (κ3) is 2.54. The first-order chi connectivity index (χ1) is 9.63. The highest BCUT2D eigenvalue weighted by Crippen LogP contribution is 2.28. The highest BCUT2D eigenvalue weighted by Gasteiger charge is 2.09. The van der Waals surface area contributed by atoms with E-state index in [-0.39, 0.29) is 5.82 Å². The number of hydrogen-bond acceptors (Lipinski definition) is 3. The zero-order valence-corrected chi connectivity index (χ0v) is 12.1. The number of aromatic nitrogens is 3. The number of nitrogens with zero attached hydrogens (tertiary/aromatic N) is 3. The molecular weight excluding hydrogens is 273 g/mol. The van der Waals surface area contributed by atoms with Gasteiger partial charge in [0.2, 0.25) is 0 Å². The van der Waals surface area contributed by atoms with Gasteiger partial charge in [-0.25, -0.2) is 4.39 Å². The molecule has 0 saturated carbocycles. The molecule has 0 saturated heterocycles. The zero-order valence-electron chi connectivity index (χ0n) is 11.2. The molecular formula is C15H14FN3S. The van der Waals surface area contributed by atoms with Crippen LogP contribution in [-0.4, -0.2) is 14.6 Å². The molecule has 0 radical (unpaired) electrons. The summed E-state index contributed by atoms with van der Waals surface area (Å²) in [6.07, 6.45) is 2.03. The Morgan fingerprint density at radius 2 is 1.70 bits per heavy atom. The van der Waals surface area contributed by atoms with Gasteiger partial charge in [-0.3, -0.25) is 4.40 Å². The second-order valence-corrected chi connectivity index (χ2v) is 6.01. The summed E-state index contributed by atoms with van der Waals surface area (Å²) in [6.45, 7) is 4.19. The molecule has 0 amide bonds. The van der Waals surface area contributed by atoms with Gasteiger partial charge >= 0.3 is 0 Å². The maximum atomic E-state index is 12.9. The minimum absolute atomic E-state index is 0.217. The summed E-state index contributed by atoms with van der Waals surface area (Å²) >= 11 is 1.59. The summed E-state index contributed by atoms with van der Waals surface area (Å²) in [5, 5.41) is 8.36. The highest BCUT2D eigenvalue weighted by atomic mass is 32.2. The van der Waals surface area contributed by atoms with Crippen LogP contribution in [0.25, 0.3) is 5.65 Å². The van der Waals surface area contributed by atoms with Crippen LogP contribution in [0.3, 0.4) is 0 Å². The summed E-state index contributed by atoms with van der Waals surface area (Å²) in [7, 11) is 0. The first-order valence-corrected chi connectivity index (χ1v) is 7.23. The molecule has 2 aromatic heterocycles. The molecule has 0 bridgehead atoms. The molecule has 3 nitrogen and oxygen atoms in total. The maximum absolute atomic E-state index is 12.9. The summed E-state index contributed by atoms with van der Waals surface area (Å²) in [5.74, 6) is 1.04. The molecule has 0 N–H and O–H groups in total. The molecule has 20 heavy (non-hydrogen) atoms. The van der Waals surface area contributed by atoms with Crippen molar-refractivity contribution < 1.29 is 4.39 Å². The number of rotatable bonds is 3. The second-order valence-electron chi connectivity index (χ2n) is 4.86. The van der Waals surface area contributed by atoms with Gasteiger partial charge in [0, 0.05) is 21.9 Å². The Kier molecular flexibility index (Phi) is 3.44. The number of halogens is 1. The van der Waals surface area contributed by atoms with Crippen molar-refractivity contribution in [1.82, 2.24) is 14.6 Å². The smallest absolute Gasteiger partial charge is 0.160 e. The minimum Gasteiger partial charge on any atom is -0.285 e. The van der Waals surface area contributed by atoms with Crippen LogP contribution in [0.2, 0.25) is 0 Å². The Hall–Kier alpha value is -1.88. The third-order valence-corrected chi connectivity index (χ3v) is 3.95. The fourth-order valence-corrected chi connectivity index (χ4v) is 2.82. The summed E-state index contributed by atoms with van der Waals surface area (Å²) < 4.78 is 14.9. The number of fused-ring (bicyclic) bond motifs is 1. The first kappa shape index (κ1) is 13.1. The van der Waals surface area contributed by atoms with Crippen LogP contribution in [0.4, 0.5) is 4.39 Å². The monoisotopic (exact) mass is 287 g/mol. The first-order valence-electron chi connectivity index (χ1n) is 6.41. The molecule has 0 fully saturated rings. The molecule has 0 spiro atoms. The van der Waals surface area contributed by atoms with Crippen LogP contribution < -0.4 is 0 Å².